The molecule has 0 aliphatic heterocycles. The van der Waals surface area contributed by atoms with Crippen molar-refractivity contribution in [1.29, 1.82) is 0 Å². The van der Waals surface area contributed by atoms with Crippen molar-refractivity contribution in [2.75, 3.05) is 0 Å². The fourth-order valence-electron chi connectivity index (χ4n) is 2.40. The summed E-state index contributed by atoms with van der Waals surface area (Å²) in [5.41, 5.74) is 0. The number of amides is 1. The Kier molecular flexibility index (Phi) is 3.94. The maximum atomic E-state index is 12.3. The van der Waals surface area contributed by atoms with E-state index in [1.807, 2.05) is 5.38 Å². The first-order valence-corrected chi connectivity index (χ1v) is 6.77. The maximum Gasteiger partial charge on any atom is 0.471 e. The van der Waals surface area contributed by atoms with Crippen LogP contribution in [0.1, 0.15) is 36.6 Å². The van der Waals surface area contributed by atoms with Gasteiger partial charge in [0.25, 0.3) is 0 Å². The predicted molar refractivity (Wildman–Crippen MR) is 63.2 cm³/mol. The van der Waals surface area contributed by atoms with Crippen LogP contribution in [0.2, 0.25) is 0 Å². The fraction of sp³-hybridized carbons (Fsp3) is 0.583. The second-order valence-electron chi connectivity index (χ2n) is 4.51. The lowest BCUT2D eigenvalue weighted by atomic mass is 9.96. The fourth-order valence-corrected chi connectivity index (χ4v) is 3.27. The third-order valence-electron chi connectivity index (χ3n) is 3.27. The first kappa shape index (κ1) is 13.4. The molecule has 1 saturated carbocycles. The molecule has 6 heteroatoms. The van der Waals surface area contributed by atoms with Crippen LogP contribution in [0, 0.1) is 5.92 Å². The van der Waals surface area contributed by atoms with Crippen molar-refractivity contribution in [2.45, 2.75) is 37.9 Å². The van der Waals surface area contributed by atoms with Gasteiger partial charge in [-0.15, -0.1) is 11.3 Å². The van der Waals surface area contributed by atoms with Gasteiger partial charge in [-0.2, -0.15) is 13.2 Å². The van der Waals surface area contributed by atoms with Gasteiger partial charge in [-0.05, 0) is 30.2 Å². The van der Waals surface area contributed by atoms with Gasteiger partial charge in [-0.3, -0.25) is 4.79 Å². The summed E-state index contributed by atoms with van der Waals surface area (Å²) in [7, 11) is 0. The van der Waals surface area contributed by atoms with E-state index in [0.717, 1.165) is 30.6 Å². The number of alkyl halides is 3. The minimum absolute atomic E-state index is 0.120. The summed E-state index contributed by atoms with van der Waals surface area (Å²) in [6, 6.07) is 3.08. The number of hydrogen-bond donors (Lipinski definition) is 1. The van der Waals surface area contributed by atoms with Crippen molar-refractivity contribution in [3.05, 3.63) is 22.4 Å². The predicted octanol–water partition coefficient (Wildman–Crippen LogP) is 3.66. The molecule has 0 saturated heterocycles. The Labute approximate surface area is 107 Å². The van der Waals surface area contributed by atoms with Crippen LogP contribution in [-0.2, 0) is 4.79 Å². The van der Waals surface area contributed by atoms with Crippen molar-refractivity contribution >= 4 is 17.2 Å². The number of halogens is 3. The van der Waals surface area contributed by atoms with E-state index < -0.39 is 18.1 Å². The Bertz CT molecular complexity index is 396. The van der Waals surface area contributed by atoms with Crippen molar-refractivity contribution in [3.8, 4) is 0 Å². The molecule has 1 aliphatic rings. The van der Waals surface area contributed by atoms with E-state index in [9.17, 15) is 18.0 Å². The van der Waals surface area contributed by atoms with Crippen molar-refractivity contribution in [2.24, 2.45) is 5.92 Å². The Balaban J connectivity index is 2.13. The number of carbonyl (C=O) groups excluding carboxylic acids is 1. The number of thiophene rings is 1. The molecule has 2 nitrogen and oxygen atoms in total. The van der Waals surface area contributed by atoms with Gasteiger partial charge in [-0.1, -0.05) is 18.9 Å². The summed E-state index contributed by atoms with van der Waals surface area (Å²) in [4.78, 5) is 11.9. The van der Waals surface area contributed by atoms with Crippen LogP contribution in [0.3, 0.4) is 0 Å². The highest BCUT2D eigenvalue weighted by Gasteiger charge is 2.41. The molecule has 0 spiro atoms. The minimum atomic E-state index is -4.81. The molecule has 18 heavy (non-hydrogen) atoms. The highest BCUT2D eigenvalue weighted by molar-refractivity contribution is 7.10. The van der Waals surface area contributed by atoms with Crippen molar-refractivity contribution < 1.29 is 18.0 Å². The van der Waals surface area contributed by atoms with E-state index in [1.165, 1.54) is 11.3 Å². The standard InChI is InChI=1S/C12H14F3NOS/c13-12(14,15)11(17)16-10(8-4-1-2-5-8)9-6-3-7-18-9/h3,6-8,10H,1-2,4-5H2,(H,16,17). The minimum Gasteiger partial charge on any atom is -0.340 e. The van der Waals surface area contributed by atoms with Crippen LogP contribution >= 0.6 is 11.3 Å². The highest BCUT2D eigenvalue weighted by atomic mass is 32.1. The molecule has 1 heterocycles. The van der Waals surface area contributed by atoms with E-state index in [1.54, 1.807) is 12.1 Å². The number of nitrogens with one attached hydrogen (secondary N) is 1. The lowest BCUT2D eigenvalue weighted by Crippen LogP contribution is -2.41. The molecule has 100 valence electrons. The number of carbonyl (C=O) groups is 1. The Hall–Kier alpha value is -1.04. The molecule has 1 aromatic heterocycles. The molecule has 0 aromatic carbocycles. The first-order valence-electron chi connectivity index (χ1n) is 5.89. The van der Waals surface area contributed by atoms with E-state index in [2.05, 4.69) is 5.32 Å². The van der Waals surface area contributed by atoms with Crippen LogP contribution in [0.15, 0.2) is 17.5 Å². The van der Waals surface area contributed by atoms with E-state index in [0.29, 0.717) is 0 Å². The molecule has 1 N–H and O–H groups in total. The maximum absolute atomic E-state index is 12.3. The third kappa shape index (κ3) is 3.04. The number of hydrogen-bond acceptors (Lipinski definition) is 2. The Morgan fingerprint density at radius 1 is 1.39 bits per heavy atom. The van der Waals surface area contributed by atoms with Crippen LogP contribution in [0.5, 0.6) is 0 Å². The summed E-state index contributed by atoms with van der Waals surface area (Å²) in [6.07, 6.45) is -1.02. The van der Waals surface area contributed by atoms with Crippen LogP contribution in [-0.4, -0.2) is 12.1 Å². The van der Waals surface area contributed by atoms with Gasteiger partial charge in [0.1, 0.15) is 0 Å². The molecule has 1 aliphatic carbocycles. The summed E-state index contributed by atoms with van der Waals surface area (Å²) in [5.74, 6) is -1.72. The van der Waals surface area contributed by atoms with E-state index >= 15 is 0 Å². The molecular weight excluding hydrogens is 263 g/mol. The summed E-state index contributed by atoms with van der Waals surface area (Å²) in [5, 5.41) is 3.96. The summed E-state index contributed by atoms with van der Waals surface area (Å²) >= 11 is 1.39. The van der Waals surface area contributed by atoms with Gasteiger partial charge < -0.3 is 5.32 Å². The molecule has 1 atom stereocenters. The average molecular weight is 277 g/mol. The van der Waals surface area contributed by atoms with Gasteiger partial charge in [0.15, 0.2) is 0 Å². The molecule has 2 rings (SSSR count). The molecule has 1 fully saturated rings. The molecule has 1 unspecified atom stereocenters. The van der Waals surface area contributed by atoms with Gasteiger partial charge in [0.05, 0.1) is 6.04 Å². The molecule has 0 bridgehead atoms. The highest BCUT2D eigenvalue weighted by Crippen LogP contribution is 2.37. The smallest absolute Gasteiger partial charge is 0.340 e. The normalized spacial score (nSPS) is 18.8. The first-order chi connectivity index (χ1) is 8.48. The van der Waals surface area contributed by atoms with Gasteiger partial charge in [-0.25, -0.2) is 0 Å². The number of rotatable bonds is 3. The third-order valence-corrected chi connectivity index (χ3v) is 4.22. The SMILES string of the molecule is O=C(NC(c1cccs1)C1CCCC1)C(F)(F)F. The van der Waals surface area contributed by atoms with E-state index in [-0.39, 0.29) is 5.92 Å². The van der Waals surface area contributed by atoms with Crippen molar-refractivity contribution in [3.63, 3.8) is 0 Å². The van der Waals surface area contributed by atoms with Gasteiger partial charge in [0.2, 0.25) is 0 Å². The Morgan fingerprint density at radius 3 is 2.56 bits per heavy atom. The summed E-state index contributed by atoms with van der Waals surface area (Å²) < 4.78 is 37.0. The van der Waals surface area contributed by atoms with Crippen LogP contribution < -0.4 is 5.32 Å². The zero-order valence-corrected chi connectivity index (χ0v) is 10.5. The second kappa shape index (κ2) is 5.30. The van der Waals surface area contributed by atoms with Gasteiger partial charge in [0, 0.05) is 4.88 Å². The largest absolute Gasteiger partial charge is 0.471 e. The molecule has 1 amide bonds. The molecular formula is C12H14F3NOS. The molecule has 1 aromatic rings. The monoisotopic (exact) mass is 277 g/mol. The topological polar surface area (TPSA) is 29.1 Å². The van der Waals surface area contributed by atoms with Crippen molar-refractivity contribution in [1.82, 2.24) is 5.32 Å². The molecule has 0 radical (unpaired) electrons. The van der Waals surface area contributed by atoms with E-state index in [4.69, 9.17) is 0 Å². The second-order valence-corrected chi connectivity index (χ2v) is 5.49. The van der Waals surface area contributed by atoms with Crippen LogP contribution in [0.4, 0.5) is 13.2 Å². The quantitative estimate of drug-likeness (QED) is 0.897. The Morgan fingerprint density at radius 2 is 2.06 bits per heavy atom. The van der Waals surface area contributed by atoms with Crippen LogP contribution in [0.25, 0.3) is 0 Å². The lowest BCUT2D eigenvalue weighted by molar-refractivity contribution is -0.174. The zero-order valence-electron chi connectivity index (χ0n) is 9.67. The zero-order chi connectivity index (χ0) is 13.2. The average Bonchev–Trinajstić information content (AvgIpc) is 2.97. The van der Waals surface area contributed by atoms with Gasteiger partial charge >= 0.3 is 12.1 Å². The summed E-state index contributed by atoms with van der Waals surface area (Å²) in [6.45, 7) is 0. The lowest BCUT2D eigenvalue weighted by Gasteiger charge is -2.24.